The Bertz CT molecular complexity index is 641. The molecule has 0 unspecified atom stereocenters. The molecule has 0 bridgehead atoms. The Kier molecular flexibility index (Phi) is 3.98. The van der Waals surface area contributed by atoms with Gasteiger partial charge in [-0.05, 0) is 36.8 Å². The van der Waals surface area contributed by atoms with E-state index in [0.29, 0.717) is 21.3 Å². The van der Waals surface area contributed by atoms with E-state index in [-0.39, 0.29) is 11.3 Å². The second-order valence-corrected chi connectivity index (χ2v) is 4.89. The van der Waals surface area contributed by atoms with Gasteiger partial charge >= 0.3 is 0 Å². The fourth-order valence-corrected chi connectivity index (χ4v) is 1.96. The number of amides is 1. The number of aryl methyl sites for hydroxylation is 1. The normalized spacial score (nSPS) is 10.3. The van der Waals surface area contributed by atoms with Gasteiger partial charge in [0.1, 0.15) is 5.75 Å². The highest BCUT2D eigenvalue weighted by Crippen LogP contribution is 2.27. The molecular formula is C14H11Cl2NO2. The Morgan fingerprint density at radius 3 is 2.68 bits per heavy atom. The highest BCUT2D eigenvalue weighted by atomic mass is 35.5. The minimum absolute atomic E-state index is 0.0434. The summed E-state index contributed by atoms with van der Waals surface area (Å²) in [4.78, 5) is 12.1. The van der Waals surface area contributed by atoms with Crippen molar-refractivity contribution in [2.45, 2.75) is 6.92 Å². The minimum atomic E-state index is -0.439. The van der Waals surface area contributed by atoms with Gasteiger partial charge < -0.3 is 10.4 Å². The van der Waals surface area contributed by atoms with Crippen molar-refractivity contribution in [3.63, 3.8) is 0 Å². The summed E-state index contributed by atoms with van der Waals surface area (Å²) in [5, 5.41) is 13.3. The van der Waals surface area contributed by atoms with Gasteiger partial charge in [-0.2, -0.15) is 0 Å². The highest BCUT2D eigenvalue weighted by molar-refractivity contribution is 6.35. The zero-order valence-corrected chi connectivity index (χ0v) is 11.6. The van der Waals surface area contributed by atoms with E-state index < -0.39 is 5.91 Å². The van der Waals surface area contributed by atoms with Crippen LogP contribution in [0, 0.1) is 6.92 Å². The van der Waals surface area contributed by atoms with Gasteiger partial charge in [-0.3, -0.25) is 4.79 Å². The lowest BCUT2D eigenvalue weighted by molar-refractivity contribution is 0.102. The number of hydrogen-bond acceptors (Lipinski definition) is 2. The number of para-hydroxylation sites is 1. The molecule has 19 heavy (non-hydrogen) atoms. The lowest BCUT2D eigenvalue weighted by Gasteiger charge is -2.10. The van der Waals surface area contributed by atoms with E-state index in [1.54, 1.807) is 37.3 Å². The second kappa shape index (κ2) is 5.51. The first kappa shape index (κ1) is 13.7. The lowest BCUT2D eigenvalue weighted by atomic mass is 10.1. The van der Waals surface area contributed by atoms with Gasteiger partial charge in [0.05, 0.1) is 16.3 Å². The molecule has 0 aliphatic heterocycles. The van der Waals surface area contributed by atoms with Crippen LogP contribution in [0.25, 0.3) is 0 Å². The molecule has 0 aliphatic carbocycles. The first-order valence-electron chi connectivity index (χ1n) is 5.54. The van der Waals surface area contributed by atoms with E-state index in [2.05, 4.69) is 5.32 Å². The molecule has 0 fully saturated rings. The smallest absolute Gasteiger partial charge is 0.259 e. The number of halogens is 2. The number of benzene rings is 2. The van der Waals surface area contributed by atoms with Crippen LogP contribution in [0.4, 0.5) is 5.69 Å². The number of aromatic hydroxyl groups is 1. The predicted octanol–water partition coefficient (Wildman–Crippen LogP) is 4.26. The molecule has 3 nitrogen and oxygen atoms in total. The fraction of sp³-hybridized carbons (Fsp3) is 0.0714. The van der Waals surface area contributed by atoms with Crippen molar-refractivity contribution in [1.82, 2.24) is 0 Å². The quantitative estimate of drug-likeness (QED) is 0.870. The third-order valence-electron chi connectivity index (χ3n) is 2.66. The standard InChI is InChI=1S/C14H11Cl2NO2/c1-8-3-2-4-10(13(8)18)14(19)17-12-7-9(15)5-6-11(12)16/h2-7,18H,1H3,(H,17,19). The van der Waals surface area contributed by atoms with Crippen LogP contribution in [0.3, 0.4) is 0 Å². The zero-order chi connectivity index (χ0) is 14.0. The Morgan fingerprint density at radius 2 is 1.95 bits per heavy atom. The summed E-state index contributed by atoms with van der Waals surface area (Å²) >= 11 is 11.8. The van der Waals surface area contributed by atoms with Crippen molar-refractivity contribution in [3.8, 4) is 5.75 Å². The number of hydrogen-bond donors (Lipinski definition) is 2. The minimum Gasteiger partial charge on any atom is -0.507 e. The van der Waals surface area contributed by atoms with Crippen molar-refractivity contribution in [3.05, 3.63) is 57.6 Å². The topological polar surface area (TPSA) is 49.3 Å². The largest absolute Gasteiger partial charge is 0.507 e. The molecule has 0 saturated heterocycles. The molecule has 0 spiro atoms. The Balaban J connectivity index is 2.31. The maximum absolute atomic E-state index is 12.1. The summed E-state index contributed by atoms with van der Waals surface area (Å²) in [5.74, 6) is -0.483. The third-order valence-corrected chi connectivity index (χ3v) is 3.22. The van der Waals surface area contributed by atoms with E-state index in [0.717, 1.165) is 0 Å². The average molecular weight is 296 g/mol. The lowest BCUT2D eigenvalue weighted by Crippen LogP contribution is -2.12. The number of phenols is 1. The SMILES string of the molecule is Cc1cccc(C(=O)Nc2cc(Cl)ccc2Cl)c1O. The van der Waals surface area contributed by atoms with Crippen molar-refractivity contribution < 1.29 is 9.90 Å². The first-order chi connectivity index (χ1) is 8.99. The molecule has 5 heteroatoms. The summed E-state index contributed by atoms with van der Waals surface area (Å²) < 4.78 is 0. The summed E-state index contributed by atoms with van der Waals surface area (Å²) in [7, 11) is 0. The number of anilines is 1. The fourth-order valence-electron chi connectivity index (χ4n) is 1.63. The van der Waals surface area contributed by atoms with Crippen LogP contribution in [-0.4, -0.2) is 11.0 Å². The van der Waals surface area contributed by atoms with Crippen molar-refractivity contribution in [2.24, 2.45) is 0 Å². The molecule has 2 rings (SSSR count). The summed E-state index contributed by atoms with van der Waals surface area (Å²) in [6, 6.07) is 9.73. The molecule has 0 aliphatic rings. The molecule has 1 amide bonds. The van der Waals surface area contributed by atoms with E-state index in [4.69, 9.17) is 23.2 Å². The predicted molar refractivity (Wildman–Crippen MR) is 77.3 cm³/mol. The summed E-state index contributed by atoms with van der Waals surface area (Å²) in [6.07, 6.45) is 0. The molecule has 2 aromatic carbocycles. The van der Waals surface area contributed by atoms with Gasteiger partial charge in [0.25, 0.3) is 5.91 Å². The number of carbonyl (C=O) groups excluding carboxylic acids is 1. The van der Waals surface area contributed by atoms with Gasteiger partial charge in [0.15, 0.2) is 0 Å². The Hall–Kier alpha value is -1.71. The van der Waals surface area contributed by atoms with Crippen LogP contribution in [0.2, 0.25) is 10.0 Å². The number of rotatable bonds is 2. The highest BCUT2D eigenvalue weighted by Gasteiger charge is 2.14. The van der Waals surface area contributed by atoms with Gasteiger partial charge in [-0.25, -0.2) is 0 Å². The molecule has 0 saturated carbocycles. The van der Waals surface area contributed by atoms with Crippen LogP contribution in [0.15, 0.2) is 36.4 Å². The summed E-state index contributed by atoms with van der Waals surface area (Å²) in [6.45, 7) is 1.72. The van der Waals surface area contributed by atoms with E-state index in [9.17, 15) is 9.90 Å². The van der Waals surface area contributed by atoms with E-state index in [1.165, 1.54) is 6.07 Å². The molecule has 0 atom stereocenters. The van der Waals surface area contributed by atoms with Gasteiger partial charge in [-0.15, -0.1) is 0 Å². The summed E-state index contributed by atoms with van der Waals surface area (Å²) in [5.41, 5.74) is 1.22. The molecule has 2 N–H and O–H groups in total. The van der Waals surface area contributed by atoms with E-state index >= 15 is 0 Å². The van der Waals surface area contributed by atoms with Crippen LogP contribution >= 0.6 is 23.2 Å². The van der Waals surface area contributed by atoms with Crippen LogP contribution in [0.1, 0.15) is 15.9 Å². The van der Waals surface area contributed by atoms with Crippen LogP contribution < -0.4 is 5.32 Å². The van der Waals surface area contributed by atoms with E-state index in [1.807, 2.05) is 0 Å². The average Bonchev–Trinajstić information content (AvgIpc) is 2.37. The second-order valence-electron chi connectivity index (χ2n) is 4.05. The number of carbonyl (C=O) groups is 1. The molecule has 2 aromatic rings. The Labute approximate surface area is 120 Å². The van der Waals surface area contributed by atoms with Crippen molar-refractivity contribution in [2.75, 3.05) is 5.32 Å². The van der Waals surface area contributed by atoms with Crippen LogP contribution in [0.5, 0.6) is 5.75 Å². The molecular weight excluding hydrogens is 285 g/mol. The maximum atomic E-state index is 12.1. The zero-order valence-electron chi connectivity index (χ0n) is 10.1. The monoisotopic (exact) mass is 295 g/mol. The van der Waals surface area contributed by atoms with Gasteiger partial charge in [-0.1, -0.05) is 35.3 Å². The number of nitrogens with one attached hydrogen (secondary N) is 1. The molecule has 98 valence electrons. The number of phenolic OH excluding ortho intramolecular Hbond substituents is 1. The van der Waals surface area contributed by atoms with Gasteiger partial charge in [0.2, 0.25) is 0 Å². The van der Waals surface area contributed by atoms with Crippen molar-refractivity contribution >= 4 is 34.8 Å². The molecule has 0 heterocycles. The van der Waals surface area contributed by atoms with Crippen LogP contribution in [-0.2, 0) is 0 Å². The Morgan fingerprint density at radius 1 is 1.21 bits per heavy atom. The third kappa shape index (κ3) is 3.00. The molecule has 0 aromatic heterocycles. The molecule has 0 radical (unpaired) electrons. The first-order valence-corrected chi connectivity index (χ1v) is 6.29. The van der Waals surface area contributed by atoms with Gasteiger partial charge in [0, 0.05) is 5.02 Å². The maximum Gasteiger partial charge on any atom is 0.259 e. The van der Waals surface area contributed by atoms with Crippen molar-refractivity contribution in [1.29, 1.82) is 0 Å².